The van der Waals surface area contributed by atoms with E-state index in [4.69, 9.17) is 0 Å². The van der Waals surface area contributed by atoms with Gasteiger partial charge in [0.25, 0.3) is 0 Å². The molecule has 0 amide bonds. The quantitative estimate of drug-likeness (QED) is 0.166. The monoisotopic (exact) mass is 696 g/mol. The summed E-state index contributed by atoms with van der Waals surface area (Å²) in [4.78, 5) is 4.73. The summed E-state index contributed by atoms with van der Waals surface area (Å²) in [5, 5.41) is 2.54. The van der Waals surface area contributed by atoms with Crippen molar-refractivity contribution in [2.75, 3.05) is 23.1 Å². The lowest BCUT2D eigenvalue weighted by Gasteiger charge is -2.27. The van der Waals surface area contributed by atoms with Gasteiger partial charge in [-0.3, -0.25) is 9.80 Å². The Morgan fingerprint density at radius 1 is 0.333 bits per heavy atom. The zero-order chi connectivity index (χ0) is 36.1. The Bertz CT molecular complexity index is 2600. The topological polar surface area (TPSA) is 12.5 Å². The highest BCUT2D eigenvalue weighted by Crippen LogP contribution is 2.34. The number of fused-ring (bicyclic) bond motifs is 3. The van der Waals surface area contributed by atoms with Gasteiger partial charge in [-0.05, 0) is 88.6 Å². The summed E-state index contributed by atoms with van der Waals surface area (Å²) in [6.07, 6.45) is 4.49. The van der Waals surface area contributed by atoms with Crippen LogP contribution in [-0.4, -0.2) is 34.9 Å². The molecule has 0 saturated heterocycles. The highest BCUT2D eigenvalue weighted by Gasteiger charge is 2.26. The van der Waals surface area contributed by atoms with E-state index in [1.54, 1.807) is 0 Å². The van der Waals surface area contributed by atoms with Crippen molar-refractivity contribution < 1.29 is 9.15 Å². The first-order valence-electron chi connectivity index (χ1n) is 18.5. The van der Waals surface area contributed by atoms with Crippen LogP contribution < -0.4 is 9.80 Å². The van der Waals surface area contributed by atoms with E-state index < -0.39 is 0 Å². The van der Waals surface area contributed by atoms with Gasteiger partial charge in [0.05, 0.1) is 22.5 Å². The molecule has 2 aliphatic heterocycles. The zero-order valence-electron chi connectivity index (χ0n) is 30.0. The third-order valence-electron chi connectivity index (χ3n) is 10.1. The maximum absolute atomic E-state index is 2.37. The molecule has 8 aromatic rings. The molecule has 0 atom stereocenters. The van der Waals surface area contributed by atoms with Gasteiger partial charge in [0.1, 0.15) is 0 Å². The second-order valence-corrected chi connectivity index (χ2v) is 13.6. The standard InChI is InChI=1S/C26H21N2.C24H19N2/c1-3-9-21(10-4-1)22-15-17-24(18-16-22)27-19-23-11-7-8-14-26(23)28(20-27)25-12-5-2-6-13-25;1-2-11-22(12-3-1)26-18-25(17-21-10-6-7-13-24(21)26)23-15-14-19-8-4-5-9-20(19)16-23/h1-19H,20H2;1-17H,18H2/q2*+1. The van der Waals surface area contributed by atoms with Gasteiger partial charge >= 0.3 is 0 Å². The number of hydrogen-bond donors (Lipinski definition) is 0. The molecule has 0 aliphatic carbocycles. The first kappa shape index (κ1) is 32.8. The lowest BCUT2D eigenvalue weighted by Crippen LogP contribution is -2.31. The van der Waals surface area contributed by atoms with Crippen molar-refractivity contribution in [3.63, 3.8) is 0 Å². The van der Waals surface area contributed by atoms with Crippen molar-refractivity contribution >= 4 is 57.3 Å². The van der Waals surface area contributed by atoms with E-state index in [1.807, 2.05) is 0 Å². The highest BCUT2D eigenvalue weighted by molar-refractivity contribution is 5.91. The molecule has 10 rings (SSSR count). The molecular formula is C50H40N4+2. The van der Waals surface area contributed by atoms with Crippen molar-refractivity contribution in [1.29, 1.82) is 0 Å². The molecule has 0 radical (unpaired) electrons. The molecule has 4 heteroatoms. The van der Waals surface area contributed by atoms with E-state index in [-0.39, 0.29) is 0 Å². The normalized spacial score (nSPS) is 13.2. The van der Waals surface area contributed by atoms with Crippen molar-refractivity contribution in [3.05, 3.63) is 217 Å². The van der Waals surface area contributed by atoms with E-state index in [0.29, 0.717) is 0 Å². The summed E-state index contributed by atoms with van der Waals surface area (Å²) in [5.74, 6) is 0. The van der Waals surface area contributed by atoms with Gasteiger partial charge in [-0.15, -0.1) is 0 Å². The summed E-state index contributed by atoms with van der Waals surface area (Å²) in [7, 11) is 0. The Morgan fingerprint density at radius 2 is 0.759 bits per heavy atom. The van der Waals surface area contributed by atoms with E-state index in [0.717, 1.165) is 13.3 Å². The molecule has 54 heavy (non-hydrogen) atoms. The molecular weight excluding hydrogens is 657 g/mol. The fraction of sp³-hybridized carbons (Fsp3) is 0.0400. The first-order chi connectivity index (χ1) is 26.8. The maximum atomic E-state index is 2.37. The van der Waals surface area contributed by atoms with Gasteiger partial charge in [-0.1, -0.05) is 115 Å². The molecule has 8 aromatic carbocycles. The zero-order valence-corrected chi connectivity index (χ0v) is 30.0. The van der Waals surface area contributed by atoms with Crippen molar-refractivity contribution in [2.45, 2.75) is 0 Å². The second-order valence-electron chi connectivity index (χ2n) is 13.6. The smallest absolute Gasteiger partial charge is 0.228 e. The first-order valence-corrected chi connectivity index (χ1v) is 18.5. The average Bonchev–Trinajstić information content (AvgIpc) is 3.26. The molecule has 0 spiro atoms. The van der Waals surface area contributed by atoms with E-state index in [1.165, 1.54) is 67.2 Å². The lowest BCUT2D eigenvalue weighted by molar-refractivity contribution is -0.434. The Labute approximate surface area is 317 Å². The molecule has 0 bridgehead atoms. The number of nitrogens with zero attached hydrogens (tertiary/aromatic N) is 4. The van der Waals surface area contributed by atoms with Gasteiger partial charge in [-0.2, -0.15) is 9.15 Å². The number of anilines is 4. The van der Waals surface area contributed by atoms with Gasteiger partial charge in [0, 0.05) is 35.6 Å². The van der Waals surface area contributed by atoms with Crippen molar-refractivity contribution in [1.82, 2.24) is 0 Å². The third kappa shape index (κ3) is 6.81. The maximum Gasteiger partial charge on any atom is 0.228 e. The van der Waals surface area contributed by atoms with Crippen LogP contribution in [0.5, 0.6) is 0 Å². The minimum atomic E-state index is 0.783. The van der Waals surface area contributed by atoms with Crippen LogP contribution in [0.2, 0.25) is 0 Å². The van der Waals surface area contributed by atoms with E-state index in [2.05, 4.69) is 238 Å². The fourth-order valence-corrected chi connectivity index (χ4v) is 7.36. The second kappa shape index (κ2) is 14.9. The summed E-state index contributed by atoms with van der Waals surface area (Å²) < 4.78 is 4.63. The summed E-state index contributed by atoms with van der Waals surface area (Å²) in [6.45, 7) is 1.57. The Kier molecular flexibility index (Phi) is 9.06. The fourth-order valence-electron chi connectivity index (χ4n) is 7.36. The molecule has 258 valence electrons. The largest absolute Gasteiger partial charge is 0.285 e. The molecule has 0 N–H and O–H groups in total. The van der Waals surface area contributed by atoms with Crippen LogP contribution in [0.25, 0.3) is 21.9 Å². The van der Waals surface area contributed by atoms with Crippen LogP contribution in [0.4, 0.5) is 34.1 Å². The number of hydrogen-bond acceptors (Lipinski definition) is 2. The highest BCUT2D eigenvalue weighted by atomic mass is 15.3. The average molecular weight is 697 g/mol. The molecule has 2 aliphatic rings. The molecule has 4 nitrogen and oxygen atoms in total. The molecule has 0 aromatic heterocycles. The third-order valence-corrected chi connectivity index (χ3v) is 10.1. The summed E-state index contributed by atoms with van der Waals surface area (Å²) in [6, 6.07) is 72.8. The molecule has 2 heterocycles. The predicted octanol–water partition coefficient (Wildman–Crippen LogP) is 11.9. The minimum absolute atomic E-state index is 0.783. The van der Waals surface area contributed by atoms with Gasteiger partial charge in [-0.25, -0.2) is 0 Å². The summed E-state index contributed by atoms with van der Waals surface area (Å²) in [5.41, 5.74) is 12.2. The van der Waals surface area contributed by atoms with Crippen LogP contribution in [0.1, 0.15) is 11.1 Å². The van der Waals surface area contributed by atoms with Crippen molar-refractivity contribution in [2.24, 2.45) is 0 Å². The van der Waals surface area contributed by atoms with Crippen LogP contribution >= 0.6 is 0 Å². The van der Waals surface area contributed by atoms with Gasteiger partial charge < -0.3 is 0 Å². The Morgan fingerprint density at radius 3 is 1.33 bits per heavy atom. The van der Waals surface area contributed by atoms with E-state index >= 15 is 0 Å². The minimum Gasteiger partial charge on any atom is -0.285 e. The molecule has 0 fully saturated rings. The van der Waals surface area contributed by atoms with Gasteiger partial charge in [0.2, 0.25) is 24.7 Å². The SMILES string of the molecule is C1=[N+](c2ccc(-c3ccccc3)cc2)CN(c2ccccc2)c2ccccc21.C1=[N+](c2ccc3ccccc3c2)CN(c2ccccc2)c2ccccc21. The Balaban J connectivity index is 0.000000143. The predicted molar refractivity (Wildman–Crippen MR) is 226 cm³/mol. The van der Waals surface area contributed by atoms with Crippen LogP contribution in [-0.2, 0) is 0 Å². The number of rotatable bonds is 5. The van der Waals surface area contributed by atoms with Crippen LogP contribution in [0, 0.1) is 0 Å². The van der Waals surface area contributed by atoms with Crippen molar-refractivity contribution in [3.8, 4) is 11.1 Å². The van der Waals surface area contributed by atoms with E-state index in [9.17, 15) is 0 Å². The Hall–Kier alpha value is -7.04. The lowest BCUT2D eigenvalue weighted by atomic mass is 10.1. The molecule has 0 unspecified atom stereocenters. The number of para-hydroxylation sites is 4. The molecule has 0 saturated carbocycles. The summed E-state index contributed by atoms with van der Waals surface area (Å²) >= 11 is 0. The van der Waals surface area contributed by atoms with Crippen LogP contribution in [0.3, 0.4) is 0 Å². The van der Waals surface area contributed by atoms with Crippen LogP contribution in [0.15, 0.2) is 206 Å². The number of benzene rings is 8. The van der Waals surface area contributed by atoms with Gasteiger partial charge in [0.15, 0.2) is 12.4 Å².